The van der Waals surface area contributed by atoms with Crippen molar-refractivity contribution in [2.45, 2.75) is 26.3 Å². The van der Waals surface area contributed by atoms with Gasteiger partial charge in [0.1, 0.15) is 17.9 Å². The second-order valence-electron chi connectivity index (χ2n) is 6.56. The number of amides is 1. The molecule has 0 bridgehead atoms. The van der Waals surface area contributed by atoms with Crippen LogP contribution in [0.5, 0.6) is 5.75 Å². The van der Waals surface area contributed by atoms with Crippen LogP contribution in [0.3, 0.4) is 0 Å². The van der Waals surface area contributed by atoms with Gasteiger partial charge in [-0.25, -0.2) is 9.59 Å². The molecule has 1 aromatic carbocycles. The molecule has 3 rings (SSSR count). The van der Waals surface area contributed by atoms with Crippen molar-refractivity contribution in [1.29, 1.82) is 0 Å². The summed E-state index contributed by atoms with van der Waals surface area (Å²) in [5.41, 5.74) is -0.0409. The number of aromatic nitrogens is 1. The first kappa shape index (κ1) is 17.7. The second kappa shape index (κ2) is 7.43. The van der Waals surface area contributed by atoms with Crippen LogP contribution in [-0.2, 0) is 0 Å². The Kier molecular flexibility index (Phi) is 5.06. The van der Waals surface area contributed by atoms with E-state index in [1.165, 1.54) is 6.20 Å². The summed E-state index contributed by atoms with van der Waals surface area (Å²) in [5.74, 6) is 0.833. The Morgan fingerprint density at radius 3 is 2.81 bits per heavy atom. The number of pyridine rings is 1. The Morgan fingerprint density at radius 1 is 1.27 bits per heavy atom. The first-order chi connectivity index (χ1) is 12.4. The maximum Gasteiger partial charge on any atom is 0.404 e. The van der Waals surface area contributed by atoms with Crippen LogP contribution in [0.25, 0.3) is 21.7 Å². The van der Waals surface area contributed by atoms with Gasteiger partial charge >= 0.3 is 11.7 Å². The number of hydrogen-bond acceptors (Lipinski definition) is 5. The highest BCUT2D eigenvalue weighted by atomic mass is 16.5. The highest BCUT2D eigenvalue weighted by molar-refractivity contribution is 6.04. The van der Waals surface area contributed by atoms with Gasteiger partial charge in [0.05, 0.1) is 11.4 Å². The summed E-state index contributed by atoms with van der Waals surface area (Å²) in [7, 11) is 0. The summed E-state index contributed by atoms with van der Waals surface area (Å²) < 4.78 is 11.1. The Morgan fingerprint density at radius 2 is 2.08 bits per heavy atom. The number of rotatable bonds is 6. The van der Waals surface area contributed by atoms with E-state index in [2.05, 4.69) is 10.3 Å². The molecular weight excluding hydrogens is 336 g/mol. The van der Waals surface area contributed by atoms with Gasteiger partial charge in [0.15, 0.2) is 0 Å². The molecule has 0 radical (unpaired) electrons. The molecule has 0 spiro atoms. The zero-order valence-electron chi connectivity index (χ0n) is 14.6. The fraction of sp³-hybridized carbons (Fsp3) is 0.316. The molecule has 136 valence electrons. The molecule has 1 atom stereocenters. The predicted octanol–water partition coefficient (Wildman–Crippen LogP) is 3.40. The maximum atomic E-state index is 12.1. The number of carboxylic acid groups (broad SMARTS) is 1. The molecule has 0 aliphatic carbocycles. The summed E-state index contributed by atoms with van der Waals surface area (Å²) in [4.78, 5) is 27.0. The van der Waals surface area contributed by atoms with Gasteiger partial charge in [-0.15, -0.1) is 0 Å². The first-order valence-corrected chi connectivity index (χ1v) is 8.37. The zero-order chi connectivity index (χ0) is 18.7. The van der Waals surface area contributed by atoms with E-state index in [-0.39, 0.29) is 12.6 Å². The van der Waals surface area contributed by atoms with Crippen molar-refractivity contribution < 1.29 is 19.1 Å². The average Bonchev–Trinajstić information content (AvgIpc) is 2.59. The Labute approximate surface area is 149 Å². The molecule has 7 nitrogen and oxygen atoms in total. The number of ether oxygens (including phenoxy) is 1. The molecule has 2 N–H and O–H groups in total. The molecule has 0 saturated heterocycles. The number of hydrogen-bond donors (Lipinski definition) is 2. The van der Waals surface area contributed by atoms with E-state index < -0.39 is 11.7 Å². The van der Waals surface area contributed by atoms with Crippen molar-refractivity contribution >= 4 is 27.8 Å². The SMILES string of the molecule is CC(C)CC(COc1ccc2c(c1)oc(=O)c1cnccc12)NC(=O)O. The predicted molar refractivity (Wildman–Crippen MR) is 97.7 cm³/mol. The number of benzene rings is 1. The van der Waals surface area contributed by atoms with Gasteiger partial charge in [-0.05, 0) is 30.5 Å². The maximum absolute atomic E-state index is 12.1. The smallest absolute Gasteiger partial charge is 0.404 e. The minimum absolute atomic E-state index is 0.192. The molecule has 0 aliphatic rings. The van der Waals surface area contributed by atoms with E-state index in [1.807, 2.05) is 19.9 Å². The van der Waals surface area contributed by atoms with Gasteiger partial charge < -0.3 is 19.6 Å². The third-order valence-corrected chi connectivity index (χ3v) is 4.02. The monoisotopic (exact) mass is 356 g/mol. The van der Waals surface area contributed by atoms with Gasteiger partial charge in [0, 0.05) is 29.2 Å². The quantitative estimate of drug-likeness (QED) is 0.518. The third-order valence-electron chi connectivity index (χ3n) is 4.02. The highest BCUT2D eigenvalue weighted by Crippen LogP contribution is 2.26. The van der Waals surface area contributed by atoms with Crippen LogP contribution in [0, 0.1) is 5.92 Å². The van der Waals surface area contributed by atoms with E-state index in [0.29, 0.717) is 29.1 Å². The number of nitrogens with zero attached hydrogens (tertiary/aromatic N) is 1. The molecule has 26 heavy (non-hydrogen) atoms. The van der Waals surface area contributed by atoms with Crippen LogP contribution in [-0.4, -0.2) is 28.8 Å². The molecule has 0 aliphatic heterocycles. The Balaban J connectivity index is 1.86. The van der Waals surface area contributed by atoms with Crippen LogP contribution in [0.15, 0.2) is 45.9 Å². The molecular formula is C19H20N2O5. The van der Waals surface area contributed by atoms with E-state index in [9.17, 15) is 9.59 Å². The summed E-state index contributed by atoms with van der Waals surface area (Å²) in [6.45, 7) is 4.22. The van der Waals surface area contributed by atoms with Gasteiger partial charge in [0.2, 0.25) is 0 Å². The van der Waals surface area contributed by atoms with Crippen molar-refractivity contribution in [3.05, 3.63) is 47.1 Å². The molecule has 1 unspecified atom stereocenters. The van der Waals surface area contributed by atoms with E-state index in [0.717, 1.165) is 10.8 Å². The van der Waals surface area contributed by atoms with Crippen LogP contribution in [0.1, 0.15) is 20.3 Å². The van der Waals surface area contributed by atoms with Gasteiger partial charge in [0.25, 0.3) is 0 Å². The lowest BCUT2D eigenvalue weighted by Crippen LogP contribution is -2.39. The standard InChI is InChI=1S/C19H20N2O5/c1-11(2)7-12(21-19(23)24)10-25-13-3-4-15-14-5-6-20-9-16(14)18(22)26-17(15)8-13/h3-6,8-9,11-12,21H,7,10H2,1-2H3,(H,23,24). The Bertz CT molecular complexity index is 996. The van der Waals surface area contributed by atoms with Crippen molar-refractivity contribution in [1.82, 2.24) is 10.3 Å². The number of carbonyl (C=O) groups is 1. The number of fused-ring (bicyclic) bond motifs is 3. The molecule has 2 heterocycles. The Hall–Kier alpha value is -3.09. The fourth-order valence-corrected chi connectivity index (χ4v) is 2.96. The minimum Gasteiger partial charge on any atom is -0.491 e. The summed E-state index contributed by atoms with van der Waals surface area (Å²) in [6.07, 6.45) is 2.69. The summed E-state index contributed by atoms with van der Waals surface area (Å²) in [6, 6.07) is 6.68. The van der Waals surface area contributed by atoms with Crippen LogP contribution >= 0.6 is 0 Å². The zero-order valence-corrected chi connectivity index (χ0v) is 14.6. The van der Waals surface area contributed by atoms with E-state index in [1.54, 1.807) is 24.4 Å². The van der Waals surface area contributed by atoms with Crippen molar-refractivity contribution in [2.75, 3.05) is 6.61 Å². The van der Waals surface area contributed by atoms with E-state index in [4.69, 9.17) is 14.3 Å². The van der Waals surface area contributed by atoms with Crippen molar-refractivity contribution in [3.8, 4) is 5.75 Å². The second-order valence-corrected chi connectivity index (χ2v) is 6.56. The molecule has 0 saturated carbocycles. The highest BCUT2D eigenvalue weighted by Gasteiger charge is 2.15. The molecule has 1 amide bonds. The van der Waals surface area contributed by atoms with Gasteiger partial charge in [-0.1, -0.05) is 13.8 Å². The van der Waals surface area contributed by atoms with Crippen LogP contribution in [0.2, 0.25) is 0 Å². The normalized spacial score (nSPS) is 12.4. The molecule has 3 aromatic rings. The lowest BCUT2D eigenvalue weighted by Gasteiger charge is -2.19. The van der Waals surface area contributed by atoms with Gasteiger partial charge in [-0.3, -0.25) is 4.98 Å². The average molecular weight is 356 g/mol. The van der Waals surface area contributed by atoms with E-state index >= 15 is 0 Å². The van der Waals surface area contributed by atoms with Gasteiger partial charge in [-0.2, -0.15) is 0 Å². The molecule has 0 fully saturated rings. The van der Waals surface area contributed by atoms with Crippen LogP contribution < -0.4 is 15.7 Å². The summed E-state index contributed by atoms with van der Waals surface area (Å²) >= 11 is 0. The minimum atomic E-state index is -1.08. The molecule has 2 aromatic heterocycles. The lowest BCUT2D eigenvalue weighted by molar-refractivity contribution is 0.176. The van der Waals surface area contributed by atoms with Crippen LogP contribution in [0.4, 0.5) is 4.79 Å². The third kappa shape index (κ3) is 3.93. The lowest BCUT2D eigenvalue weighted by atomic mass is 10.0. The summed E-state index contributed by atoms with van der Waals surface area (Å²) in [5, 5.41) is 13.4. The van der Waals surface area contributed by atoms with Crippen molar-refractivity contribution in [2.24, 2.45) is 5.92 Å². The molecule has 7 heteroatoms. The largest absolute Gasteiger partial charge is 0.491 e. The topological polar surface area (TPSA) is 102 Å². The van der Waals surface area contributed by atoms with Crippen molar-refractivity contribution in [3.63, 3.8) is 0 Å². The number of nitrogens with one attached hydrogen (secondary N) is 1. The fourth-order valence-electron chi connectivity index (χ4n) is 2.96. The first-order valence-electron chi connectivity index (χ1n) is 8.37.